The maximum absolute atomic E-state index is 13.5. The van der Waals surface area contributed by atoms with E-state index in [1.807, 2.05) is 49.1 Å². The van der Waals surface area contributed by atoms with Gasteiger partial charge in [0.2, 0.25) is 5.91 Å². The summed E-state index contributed by atoms with van der Waals surface area (Å²) in [5.74, 6) is 0.240. The number of carbonyl (C=O) groups is 2. The molecule has 27 heavy (non-hydrogen) atoms. The van der Waals surface area contributed by atoms with Gasteiger partial charge in [-0.3, -0.25) is 9.59 Å². The van der Waals surface area contributed by atoms with Gasteiger partial charge < -0.3 is 10.6 Å². The molecule has 2 aliphatic carbocycles. The molecule has 4 rings (SSSR count). The third-order valence-electron chi connectivity index (χ3n) is 6.82. The first-order valence-corrected chi connectivity index (χ1v) is 10.1. The Bertz CT molecular complexity index is 823. The molecular formula is C22H27ClN2O2. The van der Waals surface area contributed by atoms with Crippen LogP contribution < -0.4 is 5.73 Å². The fourth-order valence-electron chi connectivity index (χ4n) is 5.36. The number of halogens is 1. The average Bonchev–Trinajstić information content (AvgIpc) is 2.96. The van der Waals surface area contributed by atoms with Gasteiger partial charge in [-0.15, -0.1) is 0 Å². The van der Waals surface area contributed by atoms with E-state index in [2.05, 4.69) is 0 Å². The van der Waals surface area contributed by atoms with Crippen LogP contribution in [0.2, 0.25) is 5.02 Å². The highest BCUT2D eigenvalue weighted by Crippen LogP contribution is 2.50. The highest BCUT2D eigenvalue weighted by Gasteiger charge is 2.53. The minimum atomic E-state index is -0.470. The van der Waals surface area contributed by atoms with Crippen molar-refractivity contribution in [3.8, 4) is 0 Å². The molecule has 5 heteroatoms. The molecule has 1 heterocycles. The highest BCUT2D eigenvalue weighted by atomic mass is 35.5. The molecule has 3 aliphatic rings. The van der Waals surface area contributed by atoms with Gasteiger partial charge in [-0.2, -0.15) is 0 Å². The average molecular weight is 387 g/mol. The molecule has 1 saturated heterocycles. The second-order valence-corrected chi connectivity index (χ2v) is 9.71. The van der Waals surface area contributed by atoms with Crippen LogP contribution in [0, 0.1) is 10.8 Å². The number of rotatable bonds is 2. The molecule has 1 aromatic carbocycles. The van der Waals surface area contributed by atoms with E-state index in [0.29, 0.717) is 17.3 Å². The van der Waals surface area contributed by atoms with Crippen molar-refractivity contribution in [2.24, 2.45) is 16.6 Å². The fourth-order valence-corrected chi connectivity index (χ4v) is 5.48. The Morgan fingerprint density at radius 1 is 1.15 bits per heavy atom. The first-order chi connectivity index (χ1) is 12.7. The summed E-state index contributed by atoms with van der Waals surface area (Å²) in [5, 5.41) is 0.690. The minimum Gasteiger partial charge on any atom is -0.396 e. The Morgan fingerprint density at radius 3 is 2.37 bits per heavy atom. The van der Waals surface area contributed by atoms with Crippen molar-refractivity contribution in [3.63, 3.8) is 0 Å². The second-order valence-electron chi connectivity index (χ2n) is 9.27. The molecule has 2 N–H and O–H groups in total. The van der Waals surface area contributed by atoms with Crippen molar-refractivity contribution in [2.45, 2.75) is 51.4 Å². The third-order valence-corrected chi connectivity index (χ3v) is 7.07. The van der Waals surface area contributed by atoms with Gasteiger partial charge in [0.25, 0.3) is 0 Å². The molecule has 0 radical (unpaired) electrons. The summed E-state index contributed by atoms with van der Waals surface area (Å²) in [6.07, 6.45) is 6.40. The van der Waals surface area contributed by atoms with E-state index in [9.17, 15) is 9.59 Å². The first kappa shape index (κ1) is 18.5. The highest BCUT2D eigenvalue weighted by molar-refractivity contribution is 6.30. The summed E-state index contributed by atoms with van der Waals surface area (Å²) in [5.41, 5.74) is 6.42. The van der Waals surface area contributed by atoms with E-state index >= 15 is 0 Å². The number of nitrogens with two attached hydrogens (primary N) is 1. The molecule has 1 aliphatic heterocycles. The lowest BCUT2D eigenvalue weighted by atomic mass is 9.63. The lowest BCUT2D eigenvalue weighted by Gasteiger charge is -2.44. The number of ketones is 1. The number of benzene rings is 1. The van der Waals surface area contributed by atoms with Crippen molar-refractivity contribution in [3.05, 3.63) is 46.6 Å². The second kappa shape index (κ2) is 6.10. The Kier molecular flexibility index (Phi) is 4.19. The maximum Gasteiger partial charge on any atom is 0.233 e. The van der Waals surface area contributed by atoms with Crippen LogP contribution in [0.3, 0.4) is 0 Å². The Morgan fingerprint density at radius 2 is 1.81 bits per heavy atom. The van der Waals surface area contributed by atoms with Crippen LogP contribution in [0.4, 0.5) is 0 Å². The monoisotopic (exact) mass is 386 g/mol. The lowest BCUT2D eigenvalue weighted by Crippen LogP contribution is -2.51. The molecule has 1 saturated carbocycles. The Hall–Kier alpha value is -1.81. The lowest BCUT2D eigenvalue weighted by molar-refractivity contribution is -0.140. The van der Waals surface area contributed by atoms with Gasteiger partial charge >= 0.3 is 0 Å². The van der Waals surface area contributed by atoms with Gasteiger partial charge in [0, 0.05) is 28.9 Å². The van der Waals surface area contributed by atoms with Crippen LogP contribution in [0.15, 0.2) is 36.0 Å². The van der Waals surface area contributed by atoms with Crippen LogP contribution in [-0.2, 0) is 15.0 Å². The molecule has 144 valence electrons. The van der Waals surface area contributed by atoms with Gasteiger partial charge in [-0.25, -0.2) is 0 Å². The number of likely N-dealkylation sites (tertiary alicyclic amines) is 1. The molecule has 0 aromatic heterocycles. The summed E-state index contributed by atoms with van der Waals surface area (Å²) in [6, 6.07) is 7.72. The number of allylic oxidation sites excluding steroid dienone is 1. The van der Waals surface area contributed by atoms with Gasteiger partial charge in [0.05, 0.1) is 11.1 Å². The minimum absolute atomic E-state index is 0.0227. The Balaban J connectivity index is 1.59. The number of amides is 1. The molecule has 1 spiro atoms. The fraction of sp³-hybridized carbons (Fsp3) is 0.545. The van der Waals surface area contributed by atoms with Crippen molar-refractivity contribution >= 4 is 23.3 Å². The van der Waals surface area contributed by atoms with Crippen LogP contribution in [-0.4, -0.2) is 29.7 Å². The molecule has 1 aromatic rings. The van der Waals surface area contributed by atoms with Crippen LogP contribution in [0.25, 0.3) is 0 Å². The van der Waals surface area contributed by atoms with Crippen LogP contribution >= 0.6 is 11.6 Å². The van der Waals surface area contributed by atoms with E-state index in [-0.39, 0.29) is 17.1 Å². The Labute approximate surface area is 165 Å². The molecule has 2 fully saturated rings. The van der Waals surface area contributed by atoms with Gasteiger partial charge in [-0.05, 0) is 49.5 Å². The van der Waals surface area contributed by atoms with Crippen molar-refractivity contribution in [2.75, 3.05) is 13.1 Å². The molecule has 1 amide bonds. The summed E-state index contributed by atoms with van der Waals surface area (Å²) in [7, 11) is 0. The predicted octanol–water partition coefficient (Wildman–Crippen LogP) is 3.82. The zero-order chi connectivity index (χ0) is 19.4. The van der Waals surface area contributed by atoms with E-state index in [0.717, 1.165) is 44.2 Å². The van der Waals surface area contributed by atoms with Gasteiger partial charge in [0.1, 0.15) is 0 Å². The van der Waals surface area contributed by atoms with E-state index in [1.165, 1.54) is 0 Å². The molecule has 4 nitrogen and oxygen atoms in total. The quantitative estimate of drug-likeness (QED) is 0.840. The standard InChI is InChI=1S/C22H27ClN2O2/c1-20(2)13-21(12-17(24)18(20)26)10-11-25(14-21)19(27)22(8-3-9-22)15-4-6-16(23)7-5-15/h4-7,12H,3,8-11,13-14,24H2,1-2H3/t21-/m0/s1. The van der Waals surface area contributed by atoms with Crippen molar-refractivity contribution < 1.29 is 9.59 Å². The van der Waals surface area contributed by atoms with Crippen LogP contribution in [0.5, 0.6) is 0 Å². The van der Waals surface area contributed by atoms with Crippen LogP contribution in [0.1, 0.15) is 51.5 Å². The molecule has 0 unspecified atom stereocenters. The SMILES string of the molecule is CC1(C)C[C@@]2(C=C(N)C1=O)CCN(C(=O)C1(c3ccc(Cl)cc3)CCC1)C2. The zero-order valence-corrected chi connectivity index (χ0v) is 16.8. The normalized spacial score (nSPS) is 28.8. The summed E-state index contributed by atoms with van der Waals surface area (Å²) in [6.45, 7) is 5.30. The number of hydrogen-bond acceptors (Lipinski definition) is 3. The largest absolute Gasteiger partial charge is 0.396 e. The van der Waals surface area contributed by atoms with Gasteiger partial charge in [-0.1, -0.05) is 44.0 Å². The molecule has 0 bridgehead atoms. The summed E-state index contributed by atoms with van der Waals surface area (Å²) in [4.78, 5) is 27.9. The molecule has 1 atom stereocenters. The van der Waals surface area contributed by atoms with E-state index < -0.39 is 10.8 Å². The summed E-state index contributed by atoms with van der Waals surface area (Å²) >= 11 is 6.04. The summed E-state index contributed by atoms with van der Waals surface area (Å²) < 4.78 is 0. The van der Waals surface area contributed by atoms with E-state index in [1.54, 1.807) is 0 Å². The number of nitrogens with zero attached hydrogens (tertiary/aromatic N) is 1. The smallest absolute Gasteiger partial charge is 0.233 e. The molecular weight excluding hydrogens is 360 g/mol. The number of hydrogen-bond donors (Lipinski definition) is 1. The third kappa shape index (κ3) is 2.89. The van der Waals surface area contributed by atoms with Gasteiger partial charge in [0.15, 0.2) is 5.78 Å². The predicted molar refractivity (Wildman–Crippen MR) is 106 cm³/mol. The van der Waals surface area contributed by atoms with E-state index in [4.69, 9.17) is 17.3 Å². The topological polar surface area (TPSA) is 63.4 Å². The maximum atomic E-state index is 13.5. The van der Waals surface area contributed by atoms with Crippen molar-refractivity contribution in [1.82, 2.24) is 4.90 Å². The number of carbonyl (C=O) groups excluding carboxylic acids is 2. The number of Topliss-reactive ketones (excluding diaryl/α,β-unsaturated/α-hetero) is 1. The zero-order valence-electron chi connectivity index (χ0n) is 16.1. The van der Waals surface area contributed by atoms with Crippen molar-refractivity contribution in [1.29, 1.82) is 0 Å². The first-order valence-electron chi connectivity index (χ1n) is 9.76.